The Balaban J connectivity index is 1.39. The number of hydrogen-bond acceptors (Lipinski definition) is 7. The van der Waals surface area contributed by atoms with Crippen molar-refractivity contribution >= 4 is 27.3 Å². The van der Waals surface area contributed by atoms with Gasteiger partial charge >= 0.3 is 0 Å². The number of piperazine rings is 1. The molecular formula is C20H21ClN6O3S. The Labute approximate surface area is 185 Å². The minimum Gasteiger partial charge on any atom is -0.336 e. The number of sulfone groups is 1. The Hall–Kier alpha value is -2.82. The van der Waals surface area contributed by atoms with Gasteiger partial charge < -0.3 is 4.90 Å². The van der Waals surface area contributed by atoms with Crippen LogP contribution >= 0.6 is 11.6 Å². The summed E-state index contributed by atoms with van der Waals surface area (Å²) < 4.78 is 24.9. The van der Waals surface area contributed by atoms with Crippen LogP contribution in [0.15, 0.2) is 53.4 Å². The zero-order chi connectivity index (χ0) is 22.0. The highest BCUT2D eigenvalue weighted by Gasteiger charge is 2.23. The average molecular weight is 461 g/mol. The number of halogens is 1. The molecule has 2 aromatic carbocycles. The van der Waals surface area contributed by atoms with Gasteiger partial charge in [-0.05, 0) is 59.0 Å². The molecule has 0 aliphatic carbocycles. The van der Waals surface area contributed by atoms with E-state index in [1.807, 2.05) is 4.90 Å². The summed E-state index contributed by atoms with van der Waals surface area (Å²) in [5.41, 5.74) is 1.31. The molecule has 1 amide bonds. The molecule has 3 aromatic rings. The summed E-state index contributed by atoms with van der Waals surface area (Å²) in [7, 11) is -3.26. The molecule has 0 radical (unpaired) electrons. The zero-order valence-corrected chi connectivity index (χ0v) is 18.4. The second-order valence-electron chi connectivity index (χ2n) is 7.35. The highest BCUT2D eigenvalue weighted by Crippen LogP contribution is 2.16. The van der Waals surface area contributed by atoms with Gasteiger partial charge in [-0.1, -0.05) is 11.6 Å². The van der Waals surface area contributed by atoms with Crippen LogP contribution in [0.25, 0.3) is 5.69 Å². The molecule has 0 bridgehead atoms. The Bertz CT molecular complexity index is 1170. The van der Waals surface area contributed by atoms with E-state index < -0.39 is 9.84 Å². The summed E-state index contributed by atoms with van der Waals surface area (Å²) >= 11 is 5.90. The van der Waals surface area contributed by atoms with Crippen LogP contribution in [0.5, 0.6) is 0 Å². The van der Waals surface area contributed by atoms with E-state index in [-0.39, 0.29) is 10.8 Å². The molecule has 1 aliphatic heterocycles. The fourth-order valence-electron chi connectivity index (χ4n) is 3.42. The fourth-order valence-corrected chi connectivity index (χ4v) is 4.18. The maximum atomic E-state index is 12.7. The Morgan fingerprint density at radius 1 is 1.00 bits per heavy atom. The molecule has 0 N–H and O–H groups in total. The molecule has 31 heavy (non-hydrogen) atoms. The van der Waals surface area contributed by atoms with E-state index >= 15 is 0 Å². The van der Waals surface area contributed by atoms with E-state index in [4.69, 9.17) is 11.6 Å². The lowest BCUT2D eigenvalue weighted by molar-refractivity contribution is 0.0624. The maximum Gasteiger partial charge on any atom is 0.253 e. The standard InChI is InChI=1S/C20H21ClN6O3S/c1-31(29,30)18-8-6-17(7-9-18)27-19(22-23-24-27)14-25-10-12-26(13-11-25)20(28)15-2-4-16(21)5-3-15/h2-9H,10-14H2,1H3. The number of aromatic nitrogens is 4. The van der Waals surface area contributed by atoms with Gasteiger partial charge in [0.2, 0.25) is 0 Å². The van der Waals surface area contributed by atoms with Crippen LogP contribution in [0, 0.1) is 0 Å². The first-order chi connectivity index (χ1) is 14.8. The van der Waals surface area contributed by atoms with Crippen molar-refractivity contribution in [3.05, 3.63) is 64.9 Å². The number of tetrazole rings is 1. The molecule has 2 heterocycles. The number of carbonyl (C=O) groups is 1. The van der Waals surface area contributed by atoms with E-state index in [0.29, 0.717) is 54.8 Å². The molecule has 1 saturated heterocycles. The van der Waals surface area contributed by atoms with Crippen LogP contribution in [-0.4, -0.2) is 76.8 Å². The first-order valence-electron chi connectivity index (χ1n) is 9.66. The molecule has 1 fully saturated rings. The van der Waals surface area contributed by atoms with Crippen molar-refractivity contribution in [3.8, 4) is 5.69 Å². The molecule has 1 aliphatic rings. The SMILES string of the molecule is CS(=O)(=O)c1ccc(-n2nnnc2CN2CCN(C(=O)c3ccc(Cl)cc3)CC2)cc1. The maximum absolute atomic E-state index is 12.7. The van der Waals surface area contributed by atoms with Crippen molar-refractivity contribution < 1.29 is 13.2 Å². The third-order valence-electron chi connectivity index (χ3n) is 5.16. The van der Waals surface area contributed by atoms with Crippen molar-refractivity contribution in [2.45, 2.75) is 11.4 Å². The van der Waals surface area contributed by atoms with Crippen LogP contribution < -0.4 is 0 Å². The van der Waals surface area contributed by atoms with Crippen LogP contribution in [0.2, 0.25) is 5.02 Å². The number of hydrogen-bond donors (Lipinski definition) is 0. The molecule has 1 aromatic heterocycles. The first kappa shape index (κ1) is 21.4. The molecule has 0 atom stereocenters. The third-order valence-corrected chi connectivity index (χ3v) is 6.54. The van der Waals surface area contributed by atoms with Gasteiger partial charge in [0.15, 0.2) is 15.7 Å². The molecule has 4 rings (SSSR count). The number of carbonyl (C=O) groups excluding carboxylic acids is 1. The van der Waals surface area contributed by atoms with Crippen molar-refractivity contribution in [2.75, 3.05) is 32.4 Å². The first-order valence-corrected chi connectivity index (χ1v) is 11.9. The van der Waals surface area contributed by atoms with Gasteiger partial charge in [-0.3, -0.25) is 9.69 Å². The average Bonchev–Trinajstić information content (AvgIpc) is 3.22. The highest BCUT2D eigenvalue weighted by molar-refractivity contribution is 7.90. The number of rotatable bonds is 5. The second-order valence-corrected chi connectivity index (χ2v) is 9.80. The van der Waals surface area contributed by atoms with Gasteiger partial charge in [-0.15, -0.1) is 5.10 Å². The van der Waals surface area contributed by atoms with Gasteiger partial charge in [0.25, 0.3) is 5.91 Å². The summed E-state index contributed by atoms with van der Waals surface area (Å²) in [5, 5.41) is 12.5. The van der Waals surface area contributed by atoms with Crippen LogP contribution in [0.3, 0.4) is 0 Å². The Morgan fingerprint density at radius 2 is 1.65 bits per heavy atom. The summed E-state index contributed by atoms with van der Waals surface area (Å²) in [6, 6.07) is 13.3. The van der Waals surface area contributed by atoms with E-state index in [9.17, 15) is 13.2 Å². The summed E-state index contributed by atoms with van der Waals surface area (Å²) in [4.78, 5) is 16.9. The van der Waals surface area contributed by atoms with Gasteiger partial charge in [0.05, 0.1) is 17.1 Å². The van der Waals surface area contributed by atoms with E-state index in [0.717, 1.165) is 0 Å². The lowest BCUT2D eigenvalue weighted by atomic mass is 10.2. The minimum absolute atomic E-state index is 0.00730. The van der Waals surface area contributed by atoms with Crippen molar-refractivity contribution in [1.29, 1.82) is 0 Å². The highest BCUT2D eigenvalue weighted by atomic mass is 35.5. The van der Waals surface area contributed by atoms with Gasteiger partial charge in [0.1, 0.15) is 0 Å². The van der Waals surface area contributed by atoms with Crippen molar-refractivity contribution in [3.63, 3.8) is 0 Å². The van der Waals surface area contributed by atoms with E-state index in [1.54, 1.807) is 41.1 Å². The predicted molar refractivity (Wildman–Crippen MR) is 115 cm³/mol. The molecule has 11 heteroatoms. The van der Waals surface area contributed by atoms with E-state index in [1.165, 1.54) is 18.4 Å². The summed E-state index contributed by atoms with van der Waals surface area (Å²) in [6.45, 7) is 3.11. The smallest absolute Gasteiger partial charge is 0.253 e. The molecule has 0 spiro atoms. The fraction of sp³-hybridized carbons (Fsp3) is 0.300. The normalized spacial score (nSPS) is 15.2. The second kappa shape index (κ2) is 8.74. The molecule has 9 nitrogen and oxygen atoms in total. The number of benzene rings is 2. The quantitative estimate of drug-likeness (QED) is 0.570. The van der Waals surface area contributed by atoms with Crippen LogP contribution in [0.1, 0.15) is 16.2 Å². The largest absolute Gasteiger partial charge is 0.336 e. The topological polar surface area (TPSA) is 101 Å². The van der Waals surface area contributed by atoms with Crippen molar-refractivity contribution in [1.82, 2.24) is 30.0 Å². The minimum atomic E-state index is -3.26. The van der Waals surface area contributed by atoms with Gasteiger partial charge in [-0.25, -0.2) is 8.42 Å². The third kappa shape index (κ3) is 4.92. The molecular weight excluding hydrogens is 440 g/mol. The van der Waals surface area contributed by atoms with Crippen molar-refractivity contribution in [2.24, 2.45) is 0 Å². The number of amides is 1. The van der Waals surface area contributed by atoms with Crippen LogP contribution in [-0.2, 0) is 16.4 Å². The zero-order valence-electron chi connectivity index (χ0n) is 16.8. The van der Waals surface area contributed by atoms with Gasteiger partial charge in [0, 0.05) is 43.0 Å². The van der Waals surface area contributed by atoms with E-state index in [2.05, 4.69) is 20.4 Å². The Kier molecular flexibility index (Phi) is 6.03. The summed E-state index contributed by atoms with van der Waals surface area (Å²) in [6.07, 6.45) is 1.17. The lowest BCUT2D eigenvalue weighted by Crippen LogP contribution is -2.48. The van der Waals surface area contributed by atoms with Gasteiger partial charge in [-0.2, -0.15) is 4.68 Å². The lowest BCUT2D eigenvalue weighted by Gasteiger charge is -2.34. The van der Waals surface area contributed by atoms with Crippen LogP contribution in [0.4, 0.5) is 0 Å². The predicted octanol–water partition coefficient (Wildman–Crippen LogP) is 1.68. The molecule has 0 saturated carbocycles. The molecule has 0 unspecified atom stereocenters. The monoisotopic (exact) mass is 460 g/mol. The molecule has 162 valence electrons. The Morgan fingerprint density at radius 3 is 2.26 bits per heavy atom. The number of nitrogens with zero attached hydrogens (tertiary/aromatic N) is 6. The summed E-state index contributed by atoms with van der Waals surface area (Å²) in [5.74, 6) is 0.636.